The standard InChI is InChI=1S/C23H25NO2.C14H18O2/c1-15-7-6-10-20-22(15)19(23(25)24-20)14-16-11-12-21(26-2)18(13-16)17-8-4-3-5-9-17;1-16-14-8-7-11(10-15)9-13(14)12-5-3-2-4-6-12/h6-7,10-14,17H,3-5,8-9H2,1-2H3,(H,24,25);7-10,12H,2-6H2,1H3. The summed E-state index contributed by atoms with van der Waals surface area (Å²) in [4.78, 5) is 23.3. The molecule has 5 nitrogen and oxygen atoms in total. The van der Waals surface area contributed by atoms with E-state index >= 15 is 0 Å². The molecule has 3 aliphatic rings. The summed E-state index contributed by atoms with van der Waals surface area (Å²) in [5, 5.41) is 2.98. The third kappa shape index (κ3) is 6.61. The largest absolute Gasteiger partial charge is 0.496 e. The Balaban J connectivity index is 0.000000189. The molecule has 6 rings (SSSR count). The number of amides is 1. The van der Waals surface area contributed by atoms with Crippen LogP contribution >= 0.6 is 0 Å². The summed E-state index contributed by atoms with van der Waals surface area (Å²) in [6.45, 7) is 2.05. The second-order valence-corrected chi connectivity index (χ2v) is 11.8. The molecule has 2 fully saturated rings. The van der Waals surface area contributed by atoms with E-state index in [9.17, 15) is 9.59 Å². The molecule has 2 saturated carbocycles. The molecule has 42 heavy (non-hydrogen) atoms. The lowest BCUT2D eigenvalue weighted by molar-refractivity contribution is -0.110. The monoisotopic (exact) mass is 565 g/mol. The van der Waals surface area contributed by atoms with Crippen LogP contribution in [-0.2, 0) is 4.79 Å². The number of anilines is 1. The van der Waals surface area contributed by atoms with E-state index in [2.05, 4.69) is 24.4 Å². The Morgan fingerprint density at radius 2 is 1.29 bits per heavy atom. The molecular formula is C37H43NO4. The van der Waals surface area contributed by atoms with E-state index in [0.29, 0.717) is 11.8 Å². The summed E-state index contributed by atoms with van der Waals surface area (Å²) in [5.41, 5.74) is 8.10. The highest BCUT2D eigenvalue weighted by molar-refractivity contribution is 6.35. The second-order valence-electron chi connectivity index (χ2n) is 11.8. The minimum absolute atomic E-state index is 0.0238. The third-order valence-electron chi connectivity index (χ3n) is 9.08. The molecule has 5 heteroatoms. The fourth-order valence-electron chi connectivity index (χ4n) is 6.87. The van der Waals surface area contributed by atoms with Crippen LogP contribution in [0.4, 0.5) is 5.69 Å². The van der Waals surface area contributed by atoms with Crippen molar-refractivity contribution in [1.29, 1.82) is 0 Å². The Kier molecular flexibility index (Phi) is 9.78. The number of hydrogen-bond acceptors (Lipinski definition) is 4. The highest BCUT2D eigenvalue weighted by Crippen LogP contribution is 2.40. The van der Waals surface area contributed by atoms with Crippen molar-refractivity contribution >= 4 is 29.5 Å². The van der Waals surface area contributed by atoms with Gasteiger partial charge in [0.05, 0.1) is 14.2 Å². The van der Waals surface area contributed by atoms with Crippen molar-refractivity contribution in [2.75, 3.05) is 19.5 Å². The average molecular weight is 566 g/mol. The maximum absolute atomic E-state index is 12.5. The molecule has 0 spiro atoms. The predicted molar refractivity (Wildman–Crippen MR) is 171 cm³/mol. The Hall–Kier alpha value is -3.86. The van der Waals surface area contributed by atoms with Crippen molar-refractivity contribution < 1.29 is 19.1 Å². The Bertz CT molecular complexity index is 1440. The van der Waals surface area contributed by atoms with E-state index in [0.717, 1.165) is 51.3 Å². The number of fused-ring (bicyclic) bond motifs is 1. The molecule has 1 aliphatic heterocycles. The molecule has 3 aromatic rings. The molecule has 1 heterocycles. The lowest BCUT2D eigenvalue weighted by atomic mass is 9.83. The predicted octanol–water partition coefficient (Wildman–Crippen LogP) is 9.10. The van der Waals surface area contributed by atoms with Gasteiger partial charge >= 0.3 is 0 Å². The zero-order chi connectivity index (χ0) is 29.5. The van der Waals surface area contributed by atoms with Crippen molar-refractivity contribution in [2.45, 2.75) is 83.0 Å². The normalized spacial score (nSPS) is 18.1. The number of carbonyl (C=O) groups is 2. The molecule has 1 N–H and O–H groups in total. The van der Waals surface area contributed by atoms with Crippen molar-refractivity contribution in [1.82, 2.24) is 0 Å². The van der Waals surface area contributed by atoms with Crippen LogP contribution in [0.2, 0.25) is 0 Å². The highest BCUT2D eigenvalue weighted by atomic mass is 16.5. The van der Waals surface area contributed by atoms with Crippen LogP contribution in [-0.4, -0.2) is 26.4 Å². The molecule has 1 amide bonds. The van der Waals surface area contributed by atoms with Crippen LogP contribution in [0.1, 0.15) is 114 Å². The molecule has 2 aliphatic carbocycles. The molecule has 0 aromatic heterocycles. The van der Waals surface area contributed by atoms with Gasteiger partial charge in [-0.15, -0.1) is 0 Å². The summed E-state index contributed by atoms with van der Waals surface area (Å²) < 4.78 is 11.0. The summed E-state index contributed by atoms with van der Waals surface area (Å²) in [6.07, 6.45) is 15.6. The Labute approximate surface area is 250 Å². The molecule has 0 saturated heterocycles. The van der Waals surface area contributed by atoms with Crippen LogP contribution in [0.15, 0.2) is 54.6 Å². The Morgan fingerprint density at radius 1 is 0.738 bits per heavy atom. The van der Waals surface area contributed by atoms with Gasteiger partial charge in [-0.25, -0.2) is 0 Å². The quantitative estimate of drug-likeness (QED) is 0.239. The molecule has 220 valence electrons. The van der Waals surface area contributed by atoms with E-state index in [1.807, 2.05) is 48.5 Å². The number of aldehydes is 1. The first-order chi connectivity index (χ1) is 20.5. The molecule has 0 bridgehead atoms. The maximum Gasteiger partial charge on any atom is 0.256 e. The molecule has 0 unspecified atom stereocenters. The van der Waals surface area contributed by atoms with Gasteiger partial charge in [0.1, 0.15) is 17.8 Å². The van der Waals surface area contributed by atoms with Gasteiger partial charge in [-0.05, 0) is 109 Å². The fraction of sp³-hybridized carbons (Fsp3) is 0.405. The molecule has 3 aromatic carbocycles. The van der Waals surface area contributed by atoms with Crippen LogP contribution in [0.5, 0.6) is 11.5 Å². The fourth-order valence-corrected chi connectivity index (χ4v) is 6.87. The minimum atomic E-state index is -0.0238. The van der Waals surface area contributed by atoms with E-state index < -0.39 is 0 Å². The lowest BCUT2D eigenvalue weighted by Crippen LogP contribution is -2.07. The summed E-state index contributed by atoms with van der Waals surface area (Å²) in [5.74, 6) is 3.00. The van der Waals surface area contributed by atoms with Crippen molar-refractivity contribution in [2.24, 2.45) is 0 Å². The van der Waals surface area contributed by atoms with Gasteiger partial charge in [-0.1, -0.05) is 56.7 Å². The maximum atomic E-state index is 12.5. The van der Waals surface area contributed by atoms with Crippen molar-refractivity contribution in [3.05, 3.63) is 88.0 Å². The lowest BCUT2D eigenvalue weighted by Gasteiger charge is -2.24. The number of ether oxygens (including phenoxy) is 2. The van der Waals surface area contributed by atoms with Crippen LogP contribution in [0, 0.1) is 6.92 Å². The third-order valence-corrected chi connectivity index (χ3v) is 9.08. The topological polar surface area (TPSA) is 64.6 Å². The first-order valence-electron chi connectivity index (χ1n) is 15.5. The van der Waals surface area contributed by atoms with Crippen molar-refractivity contribution in [3.8, 4) is 11.5 Å². The van der Waals surface area contributed by atoms with Crippen LogP contribution in [0.25, 0.3) is 11.6 Å². The second kappa shape index (κ2) is 13.9. The first-order valence-corrected chi connectivity index (χ1v) is 15.5. The highest BCUT2D eigenvalue weighted by Gasteiger charge is 2.26. The van der Waals surface area contributed by atoms with Gasteiger partial charge in [-0.2, -0.15) is 0 Å². The summed E-state index contributed by atoms with van der Waals surface area (Å²) >= 11 is 0. The summed E-state index contributed by atoms with van der Waals surface area (Å²) in [7, 11) is 3.44. The molecule has 0 radical (unpaired) electrons. The zero-order valence-corrected chi connectivity index (χ0v) is 25.2. The van der Waals surface area contributed by atoms with Gasteiger partial charge in [0.15, 0.2) is 0 Å². The van der Waals surface area contributed by atoms with Crippen molar-refractivity contribution in [3.63, 3.8) is 0 Å². The number of carbonyl (C=O) groups excluding carboxylic acids is 2. The zero-order valence-electron chi connectivity index (χ0n) is 25.2. The van der Waals surface area contributed by atoms with Gasteiger partial charge in [0.25, 0.3) is 5.91 Å². The molecular weight excluding hydrogens is 522 g/mol. The first kappa shape index (κ1) is 29.6. The van der Waals surface area contributed by atoms with Gasteiger partial charge in [-0.3, -0.25) is 9.59 Å². The number of hydrogen-bond donors (Lipinski definition) is 1. The Morgan fingerprint density at radius 3 is 1.83 bits per heavy atom. The van der Waals surface area contributed by atoms with E-state index in [1.165, 1.54) is 75.3 Å². The number of nitrogens with one attached hydrogen (secondary N) is 1. The molecule has 0 atom stereocenters. The van der Waals surface area contributed by atoms with Gasteiger partial charge in [0, 0.05) is 22.4 Å². The van der Waals surface area contributed by atoms with E-state index in [1.54, 1.807) is 14.2 Å². The van der Waals surface area contributed by atoms with Gasteiger partial charge in [0.2, 0.25) is 0 Å². The van der Waals surface area contributed by atoms with E-state index in [4.69, 9.17) is 9.47 Å². The number of aryl methyl sites for hydroxylation is 1. The van der Waals surface area contributed by atoms with Gasteiger partial charge < -0.3 is 14.8 Å². The number of rotatable bonds is 6. The number of benzene rings is 3. The smallest absolute Gasteiger partial charge is 0.256 e. The van der Waals surface area contributed by atoms with Crippen LogP contribution in [0.3, 0.4) is 0 Å². The summed E-state index contributed by atoms with van der Waals surface area (Å²) in [6, 6.07) is 18.0. The number of methoxy groups -OCH3 is 2. The van der Waals surface area contributed by atoms with E-state index in [-0.39, 0.29) is 5.91 Å². The van der Waals surface area contributed by atoms with Crippen LogP contribution < -0.4 is 14.8 Å². The minimum Gasteiger partial charge on any atom is -0.496 e. The SMILES string of the molecule is COc1ccc(C=C2C(=O)Nc3cccc(C)c32)cc1C1CCCCC1.COc1ccc(C=O)cc1C1CCCCC1. The average Bonchev–Trinajstić information content (AvgIpc) is 3.37.